The van der Waals surface area contributed by atoms with E-state index in [9.17, 15) is 9.50 Å². The van der Waals surface area contributed by atoms with Crippen molar-refractivity contribution in [3.63, 3.8) is 0 Å². The van der Waals surface area contributed by atoms with Gasteiger partial charge in [0.25, 0.3) is 0 Å². The minimum absolute atomic E-state index is 0.0537. The highest BCUT2D eigenvalue weighted by Crippen LogP contribution is 2.40. The molecule has 4 heteroatoms. The smallest absolute Gasteiger partial charge is 0.127 e. The van der Waals surface area contributed by atoms with Gasteiger partial charge >= 0.3 is 0 Å². The number of hydrogen-bond donors (Lipinski definition) is 1. The zero-order valence-electron chi connectivity index (χ0n) is 12.5. The standard InChI is InChI=1S/C17H25FNOP/c18-16-9-13(12-4-5-12)10-17(21)15(16)6-8-19-7-2-1-3-14(19)11-20/h9-10,12,14,20H,1-8,11,21H2/t14-/m0/s1. The number of rotatable bonds is 5. The van der Waals surface area contributed by atoms with Crippen LogP contribution in [-0.2, 0) is 6.42 Å². The third kappa shape index (κ3) is 3.64. The molecule has 1 saturated carbocycles. The lowest BCUT2D eigenvalue weighted by atomic mass is 10.0. The first-order valence-electron chi connectivity index (χ1n) is 8.11. The number of piperidine rings is 1. The van der Waals surface area contributed by atoms with Crippen molar-refractivity contribution in [1.82, 2.24) is 4.90 Å². The second-order valence-corrected chi connectivity index (χ2v) is 7.08. The second-order valence-electron chi connectivity index (χ2n) is 6.46. The summed E-state index contributed by atoms with van der Waals surface area (Å²) in [5.74, 6) is 0.538. The molecule has 1 N–H and O–H groups in total. The van der Waals surface area contributed by atoms with Crippen molar-refractivity contribution in [2.45, 2.75) is 50.5 Å². The molecule has 2 nitrogen and oxygen atoms in total. The fraction of sp³-hybridized carbons (Fsp3) is 0.647. The molecule has 2 fully saturated rings. The summed E-state index contributed by atoms with van der Waals surface area (Å²) in [7, 11) is 2.70. The van der Waals surface area contributed by atoms with E-state index in [0.717, 1.165) is 42.4 Å². The summed E-state index contributed by atoms with van der Waals surface area (Å²) in [5.41, 5.74) is 1.99. The number of aliphatic hydroxyl groups is 1. The molecule has 0 bridgehead atoms. The quantitative estimate of drug-likeness (QED) is 0.845. The Labute approximate surface area is 128 Å². The molecule has 2 atom stereocenters. The van der Waals surface area contributed by atoms with Crippen LogP contribution in [0.3, 0.4) is 0 Å². The van der Waals surface area contributed by atoms with E-state index in [-0.39, 0.29) is 18.5 Å². The van der Waals surface area contributed by atoms with Crippen LogP contribution in [-0.4, -0.2) is 35.7 Å². The van der Waals surface area contributed by atoms with Gasteiger partial charge < -0.3 is 5.11 Å². The van der Waals surface area contributed by atoms with Crippen LogP contribution in [0.15, 0.2) is 12.1 Å². The molecule has 1 aromatic carbocycles. The van der Waals surface area contributed by atoms with Crippen LogP contribution >= 0.6 is 9.24 Å². The lowest BCUT2D eigenvalue weighted by Crippen LogP contribution is -2.43. The van der Waals surface area contributed by atoms with E-state index in [2.05, 4.69) is 20.2 Å². The van der Waals surface area contributed by atoms with Crippen molar-refractivity contribution in [3.8, 4) is 0 Å². The van der Waals surface area contributed by atoms with Gasteiger partial charge in [-0.25, -0.2) is 4.39 Å². The third-order valence-electron chi connectivity index (χ3n) is 4.91. The molecule has 0 spiro atoms. The molecule has 116 valence electrons. The Balaban J connectivity index is 1.66. The molecule has 1 unspecified atom stereocenters. The number of halogens is 1. The van der Waals surface area contributed by atoms with E-state index >= 15 is 0 Å². The largest absolute Gasteiger partial charge is 0.395 e. The Hall–Kier alpha value is -0.500. The summed E-state index contributed by atoms with van der Waals surface area (Å²) >= 11 is 0. The Kier molecular flexibility index (Phi) is 4.93. The van der Waals surface area contributed by atoms with Gasteiger partial charge in [-0.1, -0.05) is 12.5 Å². The number of nitrogens with zero attached hydrogens (tertiary/aromatic N) is 1. The molecule has 3 rings (SSSR count). The fourth-order valence-electron chi connectivity index (χ4n) is 3.41. The predicted octanol–water partition coefficient (Wildman–Crippen LogP) is 2.59. The van der Waals surface area contributed by atoms with E-state index in [4.69, 9.17) is 0 Å². The van der Waals surface area contributed by atoms with E-state index in [1.165, 1.54) is 25.7 Å². The lowest BCUT2D eigenvalue weighted by Gasteiger charge is -2.34. The van der Waals surface area contributed by atoms with Gasteiger partial charge in [0.2, 0.25) is 0 Å². The van der Waals surface area contributed by atoms with Crippen LogP contribution in [0.2, 0.25) is 0 Å². The van der Waals surface area contributed by atoms with Crippen molar-refractivity contribution in [2.75, 3.05) is 19.7 Å². The van der Waals surface area contributed by atoms with Gasteiger partial charge in [0, 0.05) is 12.6 Å². The van der Waals surface area contributed by atoms with Gasteiger partial charge in [0.05, 0.1) is 6.61 Å². The van der Waals surface area contributed by atoms with Gasteiger partial charge in [-0.05, 0) is 67.1 Å². The monoisotopic (exact) mass is 309 g/mol. The normalized spacial score (nSPS) is 23.5. The summed E-state index contributed by atoms with van der Waals surface area (Å²) < 4.78 is 14.4. The first-order chi connectivity index (χ1) is 10.2. The number of aliphatic hydroxyl groups excluding tert-OH is 1. The molecular weight excluding hydrogens is 284 g/mol. The molecule has 21 heavy (non-hydrogen) atoms. The van der Waals surface area contributed by atoms with Crippen LogP contribution in [0.5, 0.6) is 0 Å². The average molecular weight is 309 g/mol. The molecule has 0 aromatic heterocycles. The minimum atomic E-state index is -0.0537. The molecule has 0 amide bonds. The van der Waals surface area contributed by atoms with Crippen LogP contribution < -0.4 is 5.30 Å². The summed E-state index contributed by atoms with van der Waals surface area (Å²) in [4.78, 5) is 2.32. The highest BCUT2D eigenvalue weighted by atomic mass is 31.0. The molecule has 2 aliphatic rings. The zero-order valence-corrected chi connectivity index (χ0v) is 13.7. The van der Waals surface area contributed by atoms with E-state index in [0.29, 0.717) is 5.92 Å². The van der Waals surface area contributed by atoms with E-state index in [1.807, 2.05) is 0 Å². The first kappa shape index (κ1) is 15.4. The van der Waals surface area contributed by atoms with E-state index < -0.39 is 0 Å². The highest BCUT2D eigenvalue weighted by molar-refractivity contribution is 7.27. The van der Waals surface area contributed by atoms with Crippen molar-refractivity contribution in [1.29, 1.82) is 0 Å². The van der Waals surface area contributed by atoms with Gasteiger partial charge in [-0.2, -0.15) is 0 Å². The molecule has 1 saturated heterocycles. The molecular formula is C17H25FNOP. The maximum Gasteiger partial charge on any atom is 0.127 e. The van der Waals surface area contributed by atoms with Crippen molar-refractivity contribution in [3.05, 3.63) is 29.1 Å². The van der Waals surface area contributed by atoms with Gasteiger partial charge in [-0.3, -0.25) is 4.90 Å². The predicted molar refractivity (Wildman–Crippen MR) is 87.7 cm³/mol. The molecule has 1 aliphatic carbocycles. The van der Waals surface area contributed by atoms with Crippen LogP contribution in [0.25, 0.3) is 0 Å². The van der Waals surface area contributed by atoms with E-state index in [1.54, 1.807) is 6.07 Å². The van der Waals surface area contributed by atoms with Crippen LogP contribution in [0.1, 0.15) is 49.1 Å². The highest BCUT2D eigenvalue weighted by Gasteiger charge is 2.26. The van der Waals surface area contributed by atoms with Gasteiger partial charge in [0.1, 0.15) is 5.82 Å². The lowest BCUT2D eigenvalue weighted by molar-refractivity contribution is 0.0912. The zero-order chi connectivity index (χ0) is 14.8. The number of hydrogen-bond acceptors (Lipinski definition) is 2. The van der Waals surface area contributed by atoms with Gasteiger partial charge in [0.15, 0.2) is 0 Å². The number of likely N-dealkylation sites (tertiary alicyclic amines) is 1. The second kappa shape index (κ2) is 6.73. The summed E-state index contributed by atoms with van der Waals surface area (Å²) in [6.07, 6.45) is 6.58. The van der Waals surface area contributed by atoms with Crippen molar-refractivity contribution < 1.29 is 9.50 Å². The third-order valence-corrected chi connectivity index (χ3v) is 5.43. The maximum absolute atomic E-state index is 14.4. The Morgan fingerprint density at radius 2 is 2.05 bits per heavy atom. The first-order valence-corrected chi connectivity index (χ1v) is 8.69. The molecule has 1 aromatic rings. The SMILES string of the molecule is OC[C@@H]1CCCCN1CCc1c(F)cc(C2CC2)cc1P. The minimum Gasteiger partial charge on any atom is -0.395 e. The maximum atomic E-state index is 14.4. The summed E-state index contributed by atoms with van der Waals surface area (Å²) in [6.45, 7) is 2.09. The van der Waals surface area contributed by atoms with Crippen molar-refractivity contribution in [2.24, 2.45) is 0 Å². The summed E-state index contributed by atoms with van der Waals surface area (Å²) in [6, 6.07) is 4.14. The Morgan fingerprint density at radius 3 is 2.71 bits per heavy atom. The summed E-state index contributed by atoms with van der Waals surface area (Å²) in [5, 5.41) is 10.5. The Bertz CT molecular complexity index is 481. The van der Waals surface area contributed by atoms with Crippen LogP contribution in [0, 0.1) is 5.82 Å². The molecule has 0 radical (unpaired) electrons. The van der Waals surface area contributed by atoms with Gasteiger partial charge in [-0.15, -0.1) is 9.24 Å². The fourth-order valence-corrected chi connectivity index (χ4v) is 3.89. The molecule has 1 aliphatic heterocycles. The molecule has 1 heterocycles. The van der Waals surface area contributed by atoms with Crippen LogP contribution in [0.4, 0.5) is 4.39 Å². The topological polar surface area (TPSA) is 23.5 Å². The van der Waals surface area contributed by atoms with Crippen molar-refractivity contribution >= 4 is 14.5 Å². The number of benzene rings is 1. The average Bonchev–Trinajstić information content (AvgIpc) is 3.31. The Morgan fingerprint density at radius 1 is 1.24 bits per heavy atom.